The summed E-state index contributed by atoms with van der Waals surface area (Å²) in [5.41, 5.74) is 1.49. The van der Waals surface area contributed by atoms with Crippen molar-refractivity contribution in [2.24, 2.45) is 0 Å². The lowest BCUT2D eigenvalue weighted by molar-refractivity contribution is 0.626. The number of hydrogen-bond donors (Lipinski definition) is 0. The van der Waals surface area contributed by atoms with E-state index in [1.807, 2.05) is 41.8 Å². The minimum Gasteiger partial charge on any atom is -0.282 e. The molecule has 0 spiro atoms. The second-order valence-corrected chi connectivity index (χ2v) is 7.78. The normalized spacial score (nSPS) is 11.1. The van der Waals surface area contributed by atoms with E-state index >= 15 is 0 Å². The highest BCUT2D eigenvalue weighted by Crippen LogP contribution is 2.24. The molecule has 3 nitrogen and oxygen atoms in total. The summed E-state index contributed by atoms with van der Waals surface area (Å²) in [6.07, 6.45) is 0. The zero-order valence-corrected chi connectivity index (χ0v) is 15.4. The molecule has 4 aromatic rings. The second-order valence-electron chi connectivity index (χ2n) is 5.80. The number of thioether (sulfide) groups is 1. The van der Waals surface area contributed by atoms with Gasteiger partial charge < -0.3 is 0 Å². The van der Waals surface area contributed by atoms with Crippen molar-refractivity contribution < 1.29 is 4.39 Å². The van der Waals surface area contributed by atoms with Crippen LogP contribution in [0.15, 0.2) is 76.0 Å². The predicted molar refractivity (Wildman–Crippen MR) is 105 cm³/mol. The van der Waals surface area contributed by atoms with E-state index in [-0.39, 0.29) is 11.4 Å². The van der Waals surface area contributed by atoms with Crippen molar-refractivity contribution in [3.8, 4) is 0 Å². The van der Waals surface area contributed by atoms with E-state index in [2.05, 4.69) is 0 Å². The molecule has 2 aromatic carbocycles. The molecule has 0 unspecified atom stereocenters. The number of fused-ring (bicyclic) bond motifs is 1. The second kappa shape index (κ2) is 7.43. The maximum atomic E-state index is 13.4. The number of benzene rings is 2. The third-order valence-electron chi connectivity index (χ3n) is 3.98. The van der Waals surface area contributed by atoms with Gasteiger partial charge in [0.1, 0.15) is 5.82 Å². The smallest absolute Gasteiger partial charge is 0.262 e. The van der Waals surface area contributed by atoms with Crippen LogP contribution in [0, 0.1) is 5.82 Å². The van der Waals surface area contributed by atoms with Gasteiger partial charge in [-0.3, -0.25) is 9.36 Å². The van der Waals surface area contributed by atoms with E-state index in [4.69, 9.17) is 4.98 Å². The molecule has 0 aliphatic carbocycles. The largest absolute Gasteiger partial charge is 0.282 e. The number of rotatable bonds is 5. The number of aromatic nitrogens is 2. The summed E-state index contributed by atoms with van der Waals surface area (Å²) in [4.78, 5) is 18.8. The van der Waals surface area contributed by atoms with Crippen molar-refractivity contribution >= 4 is 34.0 Å². The van der Waals surface area contributed by atoms with Crippen LogP contribution < -0.4 is 5.56 Å². The highest BCUT2D eigenvalue weighted by Gasteiger charge is 2.12. The number of nitrogens with zero attached hydrogens (tertiary/aromatic N) is 2. The van der Waals surface area contributed by atoms with Crippen LogP contribution in [0.2, 0.25) is 0 Å². The van der Waals surface area contributed by atoms with E-state index in [1.165, 1.54) is 23.9 Å². The minimum atomic E-state index is -0.259. The Morgan fingerprint density at radius 2 is 1.96 bits per heavy atom. The lowest BCUT2D eigenvalue weighted by Gasteiger charge is -2.12. The van der Waals surface area contributed by atoms with E-state index in [1.54, 1.807) is 28.0 Å². The van der Waals surface area contributed by atoms with Gasteiger partial charge in [-0.2, -0.15) is 0 Å². The molecule has 0 saturated carbocycles. The molecule has 26 heavy (non-hydrogen) atoms. The first-order valence-corrected chi connectivity index (χ1v) is 9.96. The van der Waals surface area contributed by atoms with Gasteiger partial charge in [0.05, 0.1) is 17.4 Å². The van der Waals surface area contributed by atoms with Crippen LogP contribution in [0.25, 0.3) is 10.9 Å². The predicted octanol–water partition coefficient (Wildman–Crippen LogP) is 4.94. The molecule has 6 heteroatoms. The van der Waals surface area contributed by atoms with Crippen LogP contribution >= 0.6 is 23.1 Å². The summed E-state index contributed by atoms with van der Waals surface area (Å²) < 4.78 is 15.1. The van der Waals surface area contributed by atoms with Crippen molar-refractivity contribution in [1.29, 1.82) is 0 Å². The van der Waals surface area contributed by atoms with E-state index < -0.39 is 0 Å². The van der Waals surface area contributed by atoms with Gasteiger partial charge in [0.15, 0.2) is 5.16 Å². The fourth-order valence-electron chi connectivity index (χ4n) is 2.73. The van der Waals surface area contributed by atoms with Gasteiger partial charge in [-0.25, -0.2) is 9.37 Å². The average molecular weight is 382 g/mol. The molecule has 2 heterocycles. The summed E-state index contributed by atoms with van der Waals surface area (Å²) in [7, 11) is 0. The molecule has 0 aliphatic heterocycles. The number of hydrogen-bond acceptors (Lipinski definition) is 4. The Balaban J connectivity index is 1.74. The van der Waals surface area contributed by atoms with Crippen LogP contribution in [-0.2, 0) is 12.3 Å². The van der Waals surface area contributed by atoms with Gasteiger partial charge in [0, 0.05) is 10.6 Å². The van der Waals surface area contributed by atoms with Gasteiger partial charge in [0.25, 0.3) is 5.56 Å². The molecule has 2 aromatic heterocycles. The average Bonchev–Trinajstić information content (AvgIpc) is 3.16. The van der Waals surface area contributed by atoms with Crippen molar-refractivity contribution in [2.75, 3.05) is 0 Å². The molecular formula is C20H15FN2OS2. The first-order chi connectivity index (χ1) is 12.7. The Hall–Kier alpha value is -2.44. The van der Waals surface area contributed by atoms with E-state index in [0.717, 1.165) is 10.4 Å². The van der Waals surface area contributed by atoms with Crippen LogP contribution in [0.1, 0.15) is 10.4 Å². The minimum absolute atomic E-state index is 0.0502. The summed E-state index contributed by atoms with van der Waals surface area (Å²) in [5.74, 6) is 0.290. The molecule has 0 aliphatic rings. The first kappa shape index (κ1) is 17.0. The van der Waals surface area contributed by atoms with Crippen LogP contribution in [0.5, 0.6) is 0 Å². The third kappa shape index (κ3) is 3.57. The fraction of sp³-hybridized carbons (Fsp3) is 0.100. The molecular weight excluding hydrogens is 367 g/mol. The van der Waals surface area contributed by atoms with Crippen molar-refractivity contribution in [2.45, 2.75) is 17.5 Å². The monoisotopic (exact) mass is 382 g/mol. The molecule has 0 amide bonds. The zero-order valence-electron chi connectivity index (χ0n) is 13.8. The molecule has 0 bridgehead atoms. The van der Waals surface area contributed by atoms with Crippen LogP contribution in [0.4, 0.5) is 4.39 Å². The standard InChI is InChI=1S/C20H15FN2OS2/c21-15-6-3-5-14(11-15)13-26-20-22-18-9-2-1-8-17(18)19(24)23(20)12-16-7-4-10-25-16/h1-11H,12-13H2. The highest BCUT2D eigenvalue weighted by molar-refractivity contribution is 7.98. The van der Waals surface area contributed by atoms with E-state index in [0.29, 0.717) is 28.4 Å². The number of para-hydroxylation sites is 1. The molecule has 4 rings (SSSR count). The number of halogens is 1. The first-order valence-electron chi connectivity index (χ1n) is 8.10. The van der Waals surface area contributed by atoms with Crippen LogP contribution in [0.3, 0.4) is 0 Å². The maximum Gasteiger partial charge on any atom is 0.262 e. The van der Waals surface area contributed by atoms with Gasteiger partial charge >= 0.3 is 0 Å². The SMILES string of the molecule is O=c1c2ccccc2nc(SCc2cccc(F)c2)n1Cc1cccs1. The third-order valence-corrected chi connectivity index (χ3v) is 5.89. The highest BCUT2D eigenvalue weighted by atomic mass is 32.2. The summed E-state index contributed by atoms with van der Waals surface area (Å²) in [5, 5.41) is 3.25. The van der Waals surface area contributed by atoms with E-state index in [9.17, 15) is 9.18 Å². The Labute approximate surface area is 158 Å². The maximum absolute atomic E-state index is 13.4. The van der Waals surface area contributed by atoms with Crippen molar-refractivity contribution in [1.82, 2.24) is 9.55 Å². The van der Waals surface area contributed by atoms with Gasteiger partial charge in [-0.1, -0.05) is 42.1 Å². The summed E-state index contributed by atoms with van der Waals surface area (Å²) in [6, 6.07) is 17.9. The summed E-state index contributed by atoms with van der Waals surface area (Å²) in [6.45, 7) is 0.486. The lowest BCUT2D eigenvalue weighted by atomic mass is 10.2. The van der Waals surface area contributed by atoms with Crippen molar-refractivity contribution in [3.63, 3.8) is 0 Å². The molecule has 0 fully saturated rings. The lowest BCUT2D eigenvalue weighted by Crippen LogP contribution is -2.23. The zero-order chi connectivity index (χ0) is 17.9. The molecule has 0 atom stereocenters. The molecule has 0 radical (unpaired) electrons. The van der Waals surface area contributed by atoms with Crippen molar-refractivity contribution in [3.05, 3.63) is 92.7 Å². The Morgan fingerprint density at radius 1 is 1.08 bits per heavy atom. The Morgan fingerprint density at radius 3 is 2.77 bits per heavy atom. The quantitative estimate of drug-likeness (QED) is 0.362. The Kier molecular flexibility index (Phi) is 4.86. The van der Waals surface area contributed by atoms with Gasteiger partial charge in [0.2, 0.25) is 0 Å². The molecule has 130 valence electrons. The van der Waals surface area contributed by atoms with Crippen LogP contribution in [-0.4, -0.2) is 9.55 Å². The molecule has 0 saturated heterocycles. The summed E-state index contributed by atoms with van der Waals surface area (Å²) >= 11 is 3.06. The topological polar surface area (TPSA) is 34.9 Å². The van der Waals surface area contributed by atoms with Gasteiger partial charge in [-0.05, 0) is 41.3 Å². The number of thiophene rings is 1. The molecule has 0 N–H and O–H groups in total. The fourth-order valence-corrected chi connectivity index (χ4v) is 4.36. The Bertz CT molecular complexity index is 1110. The van der Waals surface area contributed by atoms with Gasteiger partial charge in [-0.15, -0.1) is 11.3 Å².